The van der Waals surface area contributed by atoms with E-state index in [4.69, 9.17) is 32.7 Å². The minimum absolute atomic E-state index is 0.00285. The molecule has 254 valence electrons. The third-order valence-corrected chi connectivity index (χ3v) is 10.8. The summed E-state index contributed by atoms with van der Waals surface area (Å²) in [5, 5.41) is 3.55. The topological polar surface area (TPSA) is 108 Å². The number of halogens is 2. The van der Waals surface area contributed by atoms with Gasteiger partial charge in [0.15, 0.2) is 5.78 Å². The van der Waals surface area contributed by atoms with Crippen molar-refractivity contribution in [1.29, 1.82) is 0 Å². The molecule has 5 heterocycles. The van der Waals surface area contributed by atoms with Gasteiger partial charge >= 0.3 is 11.9 Å². The predicted octanol–water partition coefficient (Wildman–Crippen LogP) is 4.44. The van der Waals surface area contributed by atoms with Crippen LogP contribution in [0.3, 0.4) is 0 Å². The molecule has 4 fully saturated rings. The maximum atomic E-state index is 14.0. The fraction of sp³-hybridized carbons (Fsp3) is 0.444. The molecular formula is C36H40Cl2N4O6. The van der Waals surface area contributed by atoms with Gasteiger partial charge in [-0.1, -0.05) is 59.6 Å². The summed E-state index contributed by atoms with van der Waals surface area (Å²) in [5.41, 5.74) is 1.10. The van der Waals surface area contributed by atoms with Crippen LogP contribution in [0.1, 0.15) is 47.5 Å². The molecule has 1 amide bonds. The van der Waals surface area contributed by atoms with Crippen LogP contribution < -0.4 is 5.32 Å². The van der Waals surface area contributed by atoms with E-state index in [0.29, 0.717) is 30.6 Å². The lowest BCUT2D eigenvalue weighted by molar-refractivity contribution is -0.137. The molecule has 0 spiro atoms. The minimum atomic E-state index is -1.18. The highest BCUT2D eigenvalue weighted by Crippen LogP contribution is 2.46. The van der Waals surface area contributed by atoms with Gasteiger partial charge in [-0.15, -0.1) is 0 Å². The molecule has 0 aliphatic carbocycles. The van der Waals surface area contributed by atoms with Crippen LogP contribution in [0, 0.1) is 5.92 Å². The number of hydrogen-bond acceptors (Lipinski definition) is 9. The number of methoxy groups -OCH3 is 2. The highest BCUT2D eigenvalue weighted by Gasteiger charge is 2.43. The molecule has 1 N–H and O–H groups in total. The molecular weight excluding hydrogens is 655 g/mol. The average Bonchev–Trinajstić information content (AvgIpc) is 3.11. The minimum Gasteiger partial charge on any atom is -0.466 e. The Morgan fingerprint density at radius 1 is 0.771 bits per heavy atom. The number of carbonyl (C=O) groups is 4. The lowest BCUT2D eigenvalue weighted by Gasteiger charge is -2.51. The number of Topliss-reactive ketones (excluding diaryl/α,β-unsaturated/α-hetero) is 1. The lowest BCUT2D eigenvalue weighted by atomic mass is 9.78. The van der Waals surface area contributed by atoms with E-state index in [1.165, 1.54) is 40.2 Å². The monoisotopic (exact) mass is 694 g/mol. The summed E-state index contributed by atoms with van der Waals surface area (Å²) < 4.78 is 10.4. The number of piperazine rings is 1. The molecule has 2 atom stereocenters. The fourth-order valence-electron chi connectivity index (χ4n) is 7.67. The molecule has 2 unspecified atom stereocenters. The number of carbonyl (C=O) groups excluding carboxylic acids is 4. The molecule has 4 saturated heterocycles. The first-order valence-corrected chi connectivity index (χ1v) is 17.1. The van der Waals surface area contributed by atoms with Gasteiger partial charge in [0.25, 0.3) is 0 Å². The second-order valence-electron chi connectivity index (χ2n) is 12.7. The standard InChI is InChI=1S/C36H40Cl2N4O6/c1-47-35(45)32-26(19-29(43)23-7-4-3-5-8-23)39-27(33(36(46)48-2)34(32)31-24(37)9-6-10-25(31)38)20-30(44)42-17-15-41(16-18-42)28-21-40-13-11-22(28)12-14-40/h3-10,22,28,34,39H,11-21H2,1-2H3. The molecule has 12 heteroatoms. The van der Waals surface area contributed by atoms with E-state index in [1.54, 1.807) is 48.5 Å². The Labute approximate surface area is 290 Å². The fourth-order valence-corrected chi connectivity index (χ4v) is 8.28. The SMILES string of the molecule is COC(=O)C1=C(CC(=O)c2ccccc2)NC(CC(=O)N2CCN(C3CN4CCC3CC4)CC2)=C(C(=O)OC)C1c1c(Cl)cccc1Cl. The number of dihydropyridines is 1. The summed E-state index contributed by atoms with van der Waals surface area (Å²) in [6, 6.07) is 14.0. The number of rotatable bonds is 9. The molecule has 7 rings (SSSR count). The summed E-state index contributed by atoms with van der Waals surface area (Å²) in [4.78, 5) is 61.6. The summed E-state index contributed by atoms with van der Waals surface area (Å²) >= 11 is 13.4. The van der Waals surface area contributed by atoms with E-state index in [2.05, 4.69) is 15.1 Å². The largest absolute Gasteiger partial charge is 0.466 e. The molecule has 10 nitrogen and oxygen atoms in total. The van der Waals surface area contributed by atoms with Gasteiger partial charge < -0.3 is 24.6 Å². The Hall–Kier alpha value is -3.70. The number of hydrogen-bond donors (Lipinski definition) is 1. The second-order valence-corrected chi connectivity index (χ2v) is 13.5. The van der Waals surface area contributed by atoms with Crippen molar-refractivity contribution in [2.24, 2.45) is 5.92 Å². The average molecular weight is 696 g/mol. The van der Waals surface area contributed by atoms with Crippen LogP contribution in [-0.4, -0.2) is 104 Å². The molecule has 2 aromatic carbocycles. The molecule has 0 aromatic heterocycles. The maximum Gasteiger partial charge on any atom is 0.336 e. The summed E-state index contributed by atoms with van der Waals surface area (Å²) in [6.45, 7) is 6.11. The van der Waals surface area contributed by atoms with Crippen molar-refractivity contribution in [2.75, 3.05) is 60.0 Å². The van der Waals surface area contributed by atoms with Gasteiger partial charge in [-0.05, 0) is 44.0 Å². The van der Waals surface area contributed by atoms with Crippen LogP contribution in [0.15, 0.2) is 71.1 Å². The van der Waals surface area contributed by atoms with E-state index >= 15 is 0 Å². The van der Waals surface area contributed by atoms with Crippen molar-refractivity contribution in [3.63, 3.8) is 0 Å². The first-order valence-electron chi connectivity index (χ1n) is 16.4. The van der Waals surface area contributed by atoms with Gasteiger partial charge in [-0.25, -0.2) is 9.59 Å². The molecule has 5 aliphatic rings. The van der Waals surface area contributed by atoms with Gasteiger partial charge in [0.2, 0.25) is 5.91 Å². The van der Waals surface area contributed by atoms with Gasteiger partial charge in [-0.3, -0.25) is 14.5 Å². The highest BCUT2D eigenvalue weighted by molar-refractivity contribution is 6.36. The maximum absolute atomic E-state index is 14.0. The van der Waals surface area contributed by atoms with Crippen LogP contribution in [0.25, 0.3) is 0 Å². The molecule has 5 aliphatic heterocycles. The molecule has 48 heavy (non-hydrogen) atoms. The molecule has 0 saturated carbocycles. The van der Waals surface area contributed by atoms with Crippen molar-refractivity contribution < 1.29 is 28.7 Å². The quantitative estimate of drug-likeness (QED) is 0.301. The number of benzene rings is 2. The smallest absolute Gasteiger partial charge is 0.336 e. The van der Waals surface area contributed by atoms with Crippen molar-refractivity contribution in [3.8, 4) is 0 Å². The van der Waals surface area contributed by atoms with E-state index in [-0.39, 0.29) is 62.7 Å². The first-order chi connectivity index (χ1) is 23.2. The van der Waals surface area contributed by atoms with Crippen molar-refractivity contribution in [1.82, 2.24) is 20.0 Å². The van der Waals surface area contributed by atoms with Gasteiger partial charge in [0.1, 0.15) is 0 Å². The zero-order valence-corrected chi connectivity index (χ0v) is 28.7. The normalized spacial score (nSPS) is 24.3. The van der Waals surface area contributed by atoms with Crippen LogP contribution in [0.2, 0.25) is 10.0 Å². The van der Waals surface area contributed by atoms with Crippen LogP contribution in [0.5, 0.6) is 0 Å². The third-order valence-electron chi connectivity index (χ3n) is 10.1. The Morgan fingerprint density at radius 2 is 1.35 bits per heavy atom. The highest BCUT2D eigenvalue weighted by atomic mass is 35.5. The van der Waals surface area contributed by atoms with E-state index in [1.807, 2.05) is 4.90 Å². The molecule has 2 aromatic rings. The Bertz CT molecular complexity index is 1620. The molecule has 0 radical (unpaired) electrons. The number of nitrogens with one attached hydrogen (secondary N) is 1. The van der Waals surface area contributed by atoms with E-state index in [0.717, 1.165) is 19.6 Å². The van der Waals surface area contributed by atoms with Gasteiger partial charge in [0.05, 0.1) is 44.1 Å². The number of amides is 1. The summed E-state index contributed by atoms with van der Waals surface area (Å²) in [7, 11) is 2.44. The Balaban J connectivity index is 1.34. The van der Waals surface area contributed by atoms with Gasteiger partial charge in [-0.2, -0.15) is 0 Å². The Morgan fingerprint density at radius 3 is 1.90 bits per heavy atom. The zero-order chi connectivity index (χ0) is 33.9. The number of ether oxygens (including phenoxy) is 2. The van der Waals surface area contributed by atoms with Gasteiger partial charge in [0, 0.05) is 71.3 Å². The van der Waals surface area contributed by atoms with Crippen LogP contribution >= 0.6 is 23.2 Å². The predicted molar refractivity (Wildman–Crippen MR) is 182 cm³/mol. The van der Waals surface area contributed by atoms with Crippen molar-refractivity contribution in [2.45, 2.75) is 37.6 Å². The number of fused-ring (bicyclic) bond motifs is 3. The number of esters is 2. The van der Waals surface area contributed by atoms with E-state index < -0.39 is 17.9 Å². The summed E-state index contributed by atoms with van der Waals surface area (Å²) in [6.07, 6.45) is 2.03. The van der Waals surface area contributed by atoms with Crippen LogP contribution in [0.4, 0.5) is 0 Å². The number of allylic oxidation sites excluding steroid dienone is 1. The van der Waals surface area contributed by atoms with Crippen molar-refractivity contribution >= 4 is 46.8 Å². The number of piperidine rings is 3. The van der Waals surface area contributed by atoms with Crippen LogP contribution in [-0.2, 0) is 23.9 Å². The second kappa shape index (κ2) is 14.8. The molecule has 2 bridgehead atoms. The number of ketones is 1. The third kappa shape index (κ3) is 6.89. The number of nitrogens with zero attached hydrogens (tertiary/aromatic N) is 3. The van der Waals surface area contributed by atoms with Crippen molar-refractivity contribution in [3.05, 3.63) is 92.2 Å². The van der Waals surface area contributed by atoms with E-state index in [9.17, 15) is 19.2 Å². The lowest BCUT2D eigenvalue weighted by Crippen LogP contribution is -2.61. The first kappa shape index (κ1) is 34.2. The zero-order valence-electron chi connectivity index (χ0n) is 27.2. The summed E-state index contributed by atoms with van der Waals surface area (Å²) in [5.74, 6) is -2.49. The Kier molecular flexibility index (Phi) is 10.6.